The molecule has 0 rings (SSSR count). The Morgan fingerprint density at radius 1 is 0.444 bits per heavy atom. The summed E-state index contributed by atoms with van der Waals surface area (Å²) in [4.78, 5) is 40.1. The second kappa shape index (κ2) is 59.6. The summed E-state index contributed by atoms with van der Waals surface area (Å²) in [5, 5.41) is 3.02. The molecule has 1 N–H and O–H groups in total. The van der Waals surface area contributed by atoms with E-state index >= 15 is 0 Å². The number of allylic oxidation sites excluding steroid dienone is 19. The van der Waals surface area contributed by atoms with Crippen LogP contribution in [-0.4, -0.2) is 69.4 Å². The van der Waals surface area contributed by atoms with Crippen molar-refractivity contribution in [2.75, 3.05) is 40.9 Å². The molecule has 0 spiro atoms. The van der Waals surface area contributed by atoms with E-state index in [1.165, 1.54) is 96.3 Å². The van der Waals surface area contributed by atoms with E-state index in [9.17, 15) is 19.0 Å². The number of esters is 1. The standard InChI is InChI=1S/C71H123N2O7P/c1-7-10-13-16-19-22-25-27-29-31-33-35-36-38-40-42-44-46-49-52-55-58-61-64-71(75)80-69(62-59-56-53-50-47-24-21-18-15-12-9-3)68(67-79-81(76,77)78-66-65-73(4,5)6)72-70(74)63-60-57-54-51-48-45-43-41-39-37-34-32-30-28-26-23-20-17-14-11-8-2/h10,13,19-20,22-23,27-30,33-35,37-38,40,44,46,59,62,68-69H,7-9,11-12,14-18,21,24-26,31-32,36,39,41-43,45,47-58,60-61,63-67H2,1-6H3,(H-,72,74,76,77)/b13-10-,22-19-,23-20-,29-27-,30-28-,35-33-,37-34-,40-38-,46-44-,62-59+. The zero-order valence-corrected chi connectivity index (χ0v) is 53.8. The first-order valence-corrected chi connectivity index (χ1v) is 34.3. The van der Waals surface area contributed by atoms with E-state index in [1.807, 2.05) is 33.3 Å². The molecule has 0 aromatic carbocycles. The molecular formula is C71H123N2O7P. The number of ether oxygens (including phenoxy) is 1. The molecule has 0 aliphatic heterocycles. The summed E-state index contributed by atoms with van der Waals surface area (Å²) in [7, 11) is 1.15. The van der Waals surface area contributed by atoms with Gasteiger partial charge in [-0.2, -0.15) is 0 Å². The molecule has 0 aliphatic rings. The zero-order chi connectivity index (χ0) is 59.3. The van der Waals surface area contributed by atoms with Crippen molar-refractivity contribution in [2.45, 2.75) is 277 Å². The fraction of sp³-hybridized carbons (Fsp3) is 0.690. The van der Waals surface area contributed by atoms with Crippen LogP contribution in [0.2, 0.25) is 0 Å². The van der Waals surface area contributed by atoms with Crippen LogP contribution >= 0.6 is 7.82 Å². The average molecular weight is 1150 g/mol. The van der Waals surface area contributed by atoms with E-state index < -0.39 is 26.6 Å². The van der Waals surface area contributed by atoms with Gasteiger partial charge in [-0.25, -0.2) is 0 Å². The number of quaternary nitrogens is 1. The summed E-state index contributed by atoms with van der Waals surface area (Å²) in [5.41, 5.74) is 0. The fourth-order valence-electron chi connectivity index (χ4n) is 8.83. The molecule has 464 valence electrons. The molecule has 9 nitrogen and oxygen atoms in total. The van der Waals surface area contributed by atoms with E-state index in [0.29, 0.717) is 23.9 Å². The van der Waals surface area contributed by atoms with Crippen LogP contribution < -0.4 is 10.2 Å². The summed E-state index contributed by atoms with van der Waals surface area (Å²) in [6.07, 6.45) is 83.1. The highest BCUT2D eigenvalue weighted by Gasteiger charge is 2.27. The molecule has 0 bridgehead atoms. The lowest BCUT2D eigenvalue weighted by Crippen LogP contribution is -2.47. The monoisotopic (exact) mass is 1150 g/mol. The molecule has 0 aromatic heterocycles. The van der Waals surface area contributed by atoms with Crippen molar-refractivity contribution in [1.29, 1.82) is 0 Å². The molecule has 0 fully saturated rings. The zero-order valence-electron chi connectivity index (χ0n) is 52.9. The molecule has 10 heteroatoms. The van der Waals surface area contributed by atoms with Gasteiger partial charge in [-0.1, -0.05) is 252 Å². The number of phosphoric ester groups is 1. The highest BCUT2D eigenvalue weighted by Crippen LogP contribution is 2.38. The van der Waals surface area contributed by atoms with Gasteiger partial charge in [0.15, 0.2) is 0 Å². The third-order valence-electron chi connectivity index (χ3n) is 13.9. The number of nitrogens with one attached hydrogen (secondary N) is 1. The summed E-state index contributed by atoms with van der Waals surface area (Å²) in [6.45, 7) is 6.67. The average Bonchev–Trinajstić information content (AvgIpc) is 3.44. The summed E-state index contributed by atoms with van der Waals surface area (Å²) < 4.78 is 30.3. The Bertz CT molecular complexity index is 1800. The van der Waals surface area contributed by atoms with Crippen LogP contribution in [0.25, 0.3) is 0 Å². The number of unbranched alkanes of at least 4 members (excludes halogenated alkanes) is 24. The molecule has 81 heavy (non-hydrogen) atoms. The maximum atomic E-state index is 13.6. The van der Waals surface area contributed by atoms with Crippen LogP contribution in [0.3, 0.4) is 0 Å². The Morgan fingerprint density at radius 2 is 0.790 bits per heavy atom. The maximum absolute atomic E-state index is 13.6. The maximum Gasteiger partial charge on any atom is 0.306 e. The number of phosphoric acid groups is 1. The van der Waals surface area contributed by atoms with E-state index in [0.717, 1.165) is 128 Å². The van der Waals surface area contributed by atoms with Gasteiger partial charge in [-0.05, 0) is 122 Å². The minimum Gasteiger partial charge on any atom is -0.756 e. The molecular weight excluding hydrogens is 1020 g/mol. The van der Waals surface area contributed by atoms with Crippen molar-refractivity contribution >= 4 is 19.7 Å². The van der Waals surface area contributed by atoms with E-state index in [2.05, 4.69) is 135 Å². The number of amides is 1. The van der Waals surface area contributed by atoms with Crippen molar-refractivity contribution in [3.63, 3.8) is 0 Å². The van der Waals surface area contributed by atoms with Crippen molar-refractivity contribution in [2.24, 2.45) is 0 Å². The first-order chi connectivity index (χ1) is 39.4. The molecule has 0 aromatic rings. The van der Waals surface area contributed by atoms with Crippen LogP contribution in [0.1, 0.15) is 265 Å². The summed E-state index contributed by atoms with van der Waals surface area (Å²) in [6, 6.07) is -0.912. The normalized spacial score (nSPS) is 14.4. The summed E-state index contributed by atoms with van der Waals surface area (Å²) >= 11 is 0. The molecule has 1 amide bonds. The third-order valence-corrected chi connectivity index (χ3v) is 14.8. The van der Waals surface area contributed by atoms with Crippen molar-refractivity contribution in [3.8, 4) is 0 Å². The smallest absolute Gasteiger partial charge is 0.306 e. The lowest BCUT2D eigenvalue weighted by molar-refractivity contribution is -0.870. The predicted octanol–water partition coefficient (Wildman–Crippen LogP) is 20.0. The van der Waals surface area contributed by atoms with Gasteiger partial charge >= 0.3 is 5.97 Å². The number of rotatable bonds is 58. The quantitative estimate of drug-likeness (QED) is 0.0212. The largest absolute Gasteiger partial charge is 0.756 e. The predicted molar refractivity (Wildman–Crippen MR) is 348 cm³/mol. The lowest BCUT2D eigenvalue weighted by atomic mass is 10.0. The Morgan fingerprint density at radius 3 is 1.21 bits per heavy atom. The molecule has 0 aliphatic carbocycles. The number of carbonyl (C=O) groups excluding carboxylic acids is 2. The van der Waals surface area contributed by atoms with Gasteiger partial charge in [0.25, 0.3) is 7.82 Å². The SMILES string of the molecule is CC/C=C\C/C=C\C/C=C\C/C=C\C/C=C\C/C=C\CCCCCCC(=O)OC(/C=C/CCCCCCCCCCC)C(COP(=O)([O-])OCC[N+](C)(C)C)NC(=O)CCCCCCCCCC/C=C\C/C=C\C/C=C\CCCCC. The first-order valence-electron chi connectivity index (χ1n) is 32.8. The molecule has 3 unspecified atom stereocenters. The molecule has 3 atom stereocenters. The van der Waals surface area contributed by atoms with Gasteiger partial charge < -0.3 is 28.5 Å². The van der Waals surface area contributed by atoms with Crippen LogP contribution in [0.4, 0.5) is 0 Å². The number of likely N-dealkylation sites (N-methyl/N-ethyl adjacent to an activating group) is 1. The van der Waals surface area contributed by atoms with Crippen LogP contribution in [0, 0.1) is 0 Å². The molecule has 0 saturated carbocycles. The van der Waals surface area contributed by atoms with Crippen molar-refractivity contribution in [3.05, 3.63) is 122 Å². The van der Waals surface area contributed by atoms with Gasteiger partial charge in [0.2, 0.25) is 5.91 Å². The second-order valence-corrected chi connectivity index (χ2v) is 24.3. The Kier molecular flexibility index (Phi) is 56.9. The highest BCUT2D eigenvalue weighted by molar-refractivity contribution is 7.45. The topological polar surface area (TPSA) is 114 Å². The van der Waals surface area contributed by atoms with E-state index in [4.69, 9.17) is 13.8 Å². The number of hydrogen-bond donors (Lipinski definition) is 1. The van der Waals surface area contributed by atoms with E-state index in [-0.39, 0.29) is 24.9 Å². The van der Waals surface area contributed by atoms with Crippen LogP contribution in [0.5, 0.6) is 0 Å². The molecule has 0 heterocycles. The Balaban J connectivity index is 5.23. The summed E-state index contributed by atoms with van der Waals surface area (Å²) in [5.74, 6) is -0.585. The van der Waals surface area contributed by atoms with Gasteiger partial charge in [0, 0.05) is 12.8 Å². The minimum atomic E-state index is -4.72. The number of hydrogen-bond acceptors (Lipinski definition) is 7. The van der Waals surface area contributed by atoms with Crippen molar-refractivity contribution in [1.82, 2.24) is 5.32 Å². The van der Waals surface area contributed by atoms with Crippen LogP contribution in [-0.2, 0) is 27.9 Å². The number of carbonyl (C=O) groups is 2. The third kappa shape index (κ3) is 60.8. The number of nitrogens with zero attached hydrogens (tertiary/aromatic N) is 1. The van der Waals surface area contributed by atoms with Gasteiger partial charge in [0.1, 0.15) is 19.3 Å². The fourth-order valence-corrected chi connectivity index (χ4v) is 9.55. The molecule has 0 radical (unpaired) electrons. The van der Waals surface area contributed by atoms with Gasteiger partial charge in [0.05, 0.1) is 33.8 Å². The molecule has 0 saturated heterocycles. The first kappa shape index (κ1) is 77.4. The van der Waals surface area contributed by atoms with Crippen molar-refractivity contribution < 1.29 is 37.3 Å². The Labute approximate surface area is 499 Å². The van der Waals surface area contributed by atoms with E-state index in [1.54, 1.807) is 0 Å². The van der Waals surface area contributed by atoms with Gasteiger partial charge in [-0.3, -0.25) is 14.2 Å². The Hall–Kier alpha value is -3.59. The highest BCUT2D eigenvalue weighted by atomic mass is 31.2. The second-order valence-electron chi connectivity index (χ2n) is 22.9. The minimum absolute atomic E-state index is 0.0347. The van der Waals surface area contributed by atoms with Crippen LogP contribution in [0.15, 0.2) is 122 Å². The van der Waals surface area contributed by atoms with Gasteiger partial charge in [-0.15, -0.1) is 0 Å². The lowest BCUT2D eigenvalue weighted by Gasteiger charge is -2.30.